The molecule has 0 aliphatic carbocycles. The molecule has 4 aromatic rings. The smallest absolute Gasteiger partial charge is 0.195 e. The van der Waals surface area contributed by atoms with Gasteiger partial charge in [-0.2, -0.15) is 0 Å². The van der Waals surface area contributed by atoms with E-state index in [0.717, 1.165) is 23.8 Å². The van der Waals surface area contributed by atoms with Gasteiger partial charge in [0, 0.05) is 18.1 Å². The molecule has 0 atom stereocenters. The molecule has 0 saturated heterocycles. The van der Waals surface area contributed by atoms with Crippen LogP contribution in [-0.2, 0) is 24.0 Å². The Balaban J connectivity index is 1.51. The van der Waals surface area contributed by atoms with Crippen LogP contribution < -0.4 is 0 Å². The van der Waals surface area contributed by atoms with E-state index in [0.29, 0.717) is 24.2 Å². The van der Waals surface area contributed by atoms with E-state index in [1.807, 2.05) is 0 Å². The van der Waals surface area contributed by atoms with E-state index in [4.69, 9.17) is 4.74 Å². The molecule has 1 nitrogen and oxygen atoms in total. The van der Waals surface area contributed by atoms with Crippen molar-refractivity contribution >= 4 is 10.8 Å². The third-order valence-corrected chi connectivity index (χ3v) is 5.80. The first-order valence-electron chi connectivity index (χ1n) is 11.1. The average molecular weight is 498 g/mol. The number of benzene rings is 4. The van der Waals surface area contributed by atoms with Crippen molar-refractivity contribution in [2.75, 3.05) is 13.7 Å². The zero-order valence-corrected chi connectivity index (χ0v) is 19.2. The molecule has 0 amide bonds. The Bertz CT molecular complexity index is 1480. The lowest BCUT2D eigenvalue weighted by Gasteiger charge is -2.08. The van der Waals surface area contributed by atoms with Crippen molar-refractivity contribution in [1.29, 1.82) is 0 Å². The molecule has 0 saturated carbocycles. The first-order chi connectivity index (χ1) is 17.3. The number of aryl methyl sites for hydroxylation is 2. The summed E-state index contributed by atoms with van der Waals surface area (Å²) in [6.45, 7) is 0.477. The molecular weight excluding hydrogens is 478 g/mol. The lowest BCUT2D eigenvalue weighted by molar-refractivity contribution is 0.202. The predicted octanol–water partition coefficient (Wildman–Crippen LogP) is 7.05. The van der Waals surface area contributed by atoms with Crippen molar-refractivity contribution in [2.24, 2.45) is 0 Å². The Morgan fingerprint density at radius 3 is 2.06 bits per heavy atom. The summed E-state index contributed by atoms with van der Waals surface area (Å²) in [7, 11) is 1.57. The summed E-state index contributed by atoms with van der Waals surface area (Å²) in [4.78, 5) is 0. The minimum absolute atomic E-state index is 0.0634. The maximum Gasteiger partial charge on any atom is 0.195 e. The average Bonchev–Trinajstić information content (AvgIpc) is 2.85. The van der Waals surface area contributed by atoms with Crippen molar-refractivity contribution < 1.29 is 31.1 Å². The third kappa shape index (κ3) is 5.55. The maximum absolute atomic E-state index is 14.6. The summed E-state index contributed by atoms with van der Waals surface area (Å²) in [5.41, 5.74) is 1.35. The van der Waals surface area contributed by atoms with Crippen LogP contribution in [0.15, 0.2) is 54.6 Å². The molecule has 0 aliphatic heterocycles. The molecule has 0 spiro atoms. The summed E-state index contributed by atoms with van der Waals surface area (Å²) < 4.78 is 89.4. The van der Waals surface area contributed by atoms with Gasteiger partial charge in [-0.15, -0.1) is 0 Å². The molecule has 0 heterocycles. The van der Waals surface area contributed by atoms with Crippen LogP contribution in [0.4, 0.5) is 26.3 Å². The van der Waals surface area contributed by atoms with E-state index in [1.54, 1.807) is 19.2 Å². The normalized spacial score (nSPS) is 11.0. The quantitative estimate of drug-likeness (QED) is 0.157. The predicted molar refractivity (Wildman–Crippen MR) is 126 cm³/mol. The van der Waals surface area contributed by atoms with E-state index in [2.05, 4.69) is 11.8 Å². The fraction of sp³-hybridized carbons (Fsp3) is 0.172. The molecular formula is C29H20F6O. The highest BCUT2D eigenvalue weighted by Gasteiger charge is 2.14. The van der Waals surface area contributed by atoms with Gasteiger partial charge < -0.3 is 4.74 Å². The molecule has 4 aromatic carbocycles. The van der Waals surface area contributed by atoms with Crippen LogP contribution in [-0.4, -0.2) is 13.7 Å². The van der Waals surface area contributed by atoms with Crippen LogP contribution in [0.1, 0.15) is 27.8 Å². The molecule has 7 heteroatoms. The molecule has 0 bridgehead atoms. The molecule has 4 rings (SSSR count). The second kappa shape index (κ2) is 10.9. The third-order valence-electron chi connectivity index (χ3n) is 5.80. The molecule has 0 N–H and O–H groups in total. The van der Waals surface area contributed by atoms with Crippen molar-refractivity contribution in [1.82, 2.24) is 0 Å². The van der Waals surface area contributed by atoms with Crippen LogP contribution in [0.25, 0.3) is 10.8 Å². The van der Waals surface area contributed by atoms with Gasteiger partial charge in [0.25, 0.3) is 0 Å². The van der Waals surface area contributed by atoms with Crippen molar-refractivity contribution in [2.45, 2.75) is 19.3 Å². The lowest BCUT2D eigenvalue weighted by atomic mass is 10.0. The van der Waals surface area contributed by atoms with Crippen molar-refractivity contribution in [3.63, 3.8) is 0 Å². The van der Waals surface area contributed by atoms with Crippen LogP contribution in [0.2, 0.25) is 0 Å². The number of halogens is 6. The highest BCUT2D eigenvalue weighted by Crippen LogP contribution is 2.24. The monoisotopic (exact) mass is 498 g/mol. The number of fused-ring (bicyclic) bond motifs is 1. The molecule has 0 radical (unpaired) electrons. The fourth-order valence-corrected chi connectivity index (χ4v) is 3.85. The van der Waals surface area contributed by atoms with Crippen LogP contribution >= 0.6 is 0 Å². The van der Waals surface area contributed by atoms with Crippen molar-refractivity contribution in [3.8, 4) is 11.8 Å². The summed E-state index contributed by atoms with van der Waals surface area (Å²) in [5, 5.41) is -0.0735. The van der Waals surface area contributed by atoms with Gasteiger partial charge in [0.05, 0.1) is 12.2 Å². The van der Waals surface area contributed by atoms with Gasteiger partial charge in [-0.1, -0.05) is 30.0 Å². The van der Waals surface area contributed by atoms with Gasteiger partial charge in [0.15, 0.2) is 17.5 Å². The Hall–Kier alpha value is -3.76. The molecule has 0 aromatic heterocycles. The van der Waals surface area contributed by atoms with Gasteiger partial charge in [0.2, 0.25) is 0 Å². The number of ether oxygens (including phenoxy) is 1. The van der Waals surface area contributed by atoms with E-state index in [9.17, 15) is 26.3 Å². The van der Waals surface area contributed by atoms with Crippen molar-refractivity contribution in [3.05, 3.63) is 117 Å². The van der Waals surface area contributed by atoms with Crippen LogP contribution in [0.5, 0.6) is 0 Å². The minimum atomic E-state index is -1.58. The lowest BCUT2D eigenvalue weighted by Crippen LogP contribution is -2.01. The summed E-state index contributed by atoms with van der Waals surface area (Å²) in [6, 6.07) is 11.9. The Morgan fingerprint density at radius 2 is 1.36 bits per heavy atom. The summed E-state index contributed by atoms with van der Waals surface area (Å²) in [6.07, 6.45) is 1.05. The molecule has 0 unspecified atom stereocenters. The first kappa shape index (κ1) is 25.3. The van der Waals surface area contributed by atoms with Gasteiger partial charge in [-0.25, -0.2) is 26.3 Å². The van der Waals surface area contributed by atoms with Gasteiger partial charge in [-0.3, -0.25) is 0 Å². The number of hydrogen-bond donors (Lipinski definition) is 0. The maximum atomic E-state index is 14.6. The Morgan fingerprint density at radius 1 is 0.639 bits per heavy atom. The standard InChI is InChI=1S/C29H20F6O/c1-36-11-10-18-2-6-20(24(30)13-18)7-3-19-14-25(31)23(26(32)15-19)9-5-17-4-8-22-21(12-17)16-27(33)29(35)28(22)34/h2,4,6,8,12-16H,3,7,10-11H2,1H3. The summed E-state index contributed by atoms with van der Waals surface area (Å²) in [5.74, 6) is -1.42. The van der Waals surface area contributed by atoms with Gasteiger partial charge in [0.1, 0.15) is 17.5 Å². The molecule has 0 fully saturated rings. The number of hydrogen-bond acceptors (Lipinski definition) is 1. The topological polar surface area (TPSA) is 9.23 Å². The Labute approximate surface area is 204 Å². The van der Waals surface area contributed by atoms with E-state index >= 15 is 0 Å². The van der Waals surface area contributed by atoms with Gasteiger partial charge >= 0.3 is 0 Å². The minimum Gasteiger partial charge on any atom is -0.384 e. The summed E-state index contributed by atoms with van der Waals surface area (Å²) >= 11 is 0. The number of methoxy groups -OCH3 is 1. The molecule has 0 aliphatic rings. The highest BCUT2D eigenvalue weighted by molar-refractivity contribution is 5.84. The number of rotatable bonds is 6. The van der Waals surface area contributed by atoms with E-state index < -0.39 is 34.6 Å². The molecule has 36 heavy (non-hydrogen) atoms. The van der Waals surface area contributed by atoms with Crippen LogP contribution in [0, 0.1) is 46.7 Å². The zero-order chi connectivity index (χ0) is 25.8. The van der Waals surface area contributed by atoms with Gasteiger partial charge in [-0.05, 0) is 77.7 Å². The van der Waals surface area contributed by atoms with Crippen LogP contribution in [0.3, 0.4) is 0 Å². The SMILES string of the molecule is COCCc1ccc(CCc2cc(F)c(C#Cc3ccc4c(F)c(F)c(F)cc4c3)c(F)c2)c(F)c1. The first-order valence-corrected chi connectivity index (χ1v) is 11.1. The fourth-order valence-electron chi connectivity index (χ4n) is 3.85. The van der Waals surface area contributed by atoms with E-state index in [-0.39, 0.29) is 35.0 Å². The molecule has 184 valence electrons. The largest absolute Gasteiger partial charge is 0.384 e. The zero-order valence-electron chi connectivity index (χ0n) is 19.2. The van der Waals surface area contributed by atoms with E-state index in [1.165, 1.54) is 24.3 Å². The second-order valence-corrected chi connectivity index (χ2v) is 8.28. The second-order valence-electron chi connectivity index (χ2n) is 8.28. The highest BCUT2D eigenvalue weighted by atomic mass is 19.2. The Kier molecular flexibility index (Phi) is 7.66.